The number of aryl methyl sites for hydroxylation is 1. The van der Waals surface area contributed by atoms with E-state index in [-0.39, 0.29) is 12.5 Å². The van der Waals surface area contributed by atoms with Gasteiger partial charge in [-0.15, -0.1) is 0 Å². The summed E-state index contributed by atoms with van der Waals surface area (Å²) >= 11 is 0. The maximum absolute atomic E-state index is 12.8. The standard InChI is InChI=1S/C24H23F3N4O3/c1-3-33-23(32)15-30-12-10-17-14-20(8-9-22(17)30)34-13-11-21-16(2)28-31(29-21)19-6-4-18(5-7-19)24(25,26)27/h4-10,12,14H,3,11,13,15H2,1-2H3. The number of halogens is 3. The zero-order valence-electron chi connectivity index (χ0n) is 18.7. The third-order valence-electron chi connectivity index (χ3n) is 5.26. The Hall–Kier alpha value is -3.82. The van der Waals surface area contributed by atoms with Gasteiger partial charge in [0.2, 0.25) is 0 Å². The SMILES string of the molecule is CCOC(=O)Cn1ccc2cc(OCCc3nn(-c4ccc(C(F)(F)F)cc4)nc3C)ccc21. The van der Waals surface area contributed by atoms with Crippen molar-refractivity contribution in [1.82, 2.24) is 19.6 Å². The predicted molar refractivity (Wildman–Crippen MR) is 119 cm³/mol. The van der Waals surface area contributed by atoms with Gasteiger partial charge in [0.1, 0.15) is 12.3 Å². The summed E-state index contributed by atoms with van der Waals surface area (Å²) in [5, 5.41) is 9.64. The van der Waals surface area contributed by atoms with Gasteiger partial charge in [0.15, 0.2) is 0 Å². The van der Waals surface area contributed by atoms with Crippen molar-refractivity contribution < 1.29 is 27.4 Å². The molecule has 0 amide bonds. The van der Waals surface area contributed by atoms with E-state index in [1.54, 1.807) is 13.8 Å². The van der Waals surface area contributed by atoms with Crippen LogP contribution in [0, 0.1) is 6.92 Å². The zero-order chi connectivity index (χ0) is 24.3. The highest BCUT2D eigenvalue weighted by Gasteiger charge is 2.30. The minimum Gasteiger partial charge on any atom is -0.493 e. The van der Waals surface area contributed by atoms with Crippen molar-refractivity contribution in [3.8, 4) is 11.4 Å². The van der Waals surface area contributed by atoms with Gasteiger partial charge < -0.3 is 14.0 Å². The zero-order valence-corrected chi connectivity index (χ0v) is 18.7. The fourth-order valence-electron chi connectivity index (χ4n) is 3.56. The van der Waals surface area contributed by atoms with Gasteiger partial charge in [-0.3, -0.25) is 4.79 Å². The van der Waals surface area contributed by atoms with Crippen molar-refractivity contribution >= 4 is 16.9 Å². The average molecular weight is 472 g/mol. The van der Waals surface area contributed by atoms with Crippen molar-refractivity contribution in [2.75, 3.05) is 13.2 Å². The molecule has 4 aromatic rings. The second kappa shape index (κ2) is 9.58. The first kappa shape index (κ1) is 23.3. The average Bonchev–Trinajstić information content (AvgIpc) is 3.36. The summed E-state index contributed by atoms with van der Waals surface area (Å²) in [6.07, 6.45) is -2.08. The largest absolute Gasteiger partial charge is 0.493 e. The van der Waals surface area contributed by atoms with Gasteiger partial charge in [0.25, 0.3) is 0 Å². The molecule has 0 atom stereocenters. The fraction of sp³-hybridized carbons (Fsp3) is 0.292. The Kier molecular flexibility index (Phi) is 6.58. The van der Waals surface area contributed by atoms with Gasteiger partial charge in [-0.25, -0.2) is 0 Å². The van der Waals surface area contributed by atoms with Crippen molar-refractivity contribution in [1.29, 1.82) is 0 Å². The highest BCUT2D eigenvalue weighted by Crippen LogP contribution is 2.29. The molecule has 0 N–H and O–H groups in total. The Bertz CT molecular complexity index is 1290. The Morgan fingerprint density at radius 1 is 1.06 bits per heavy atom. The molecule has 0 radical (unpaired) electrons. The Morgan fingerprint density at radius 3 is 2.53 bits per heavy atom. The van der Waals surface area contributed by atoms with Crippen LogP contribution in [0.5, 0.6) is 5.75 Å². The van der Waals surface area contributed by atoms with Gasteiger partial charge in [-0.1, -0.05) is 0 Å². The van der Waals surface area contributed by atoms with Gasteiger partial charge in [0.05, 0.1) is 35.9 Å². The van der Waals surface area contributed by atoms with Crippen LogP contribution in [-0.2, 0) is 28.7 Å². The molecule has 7 nitrogen and oxygen atoms in total. The number of carbonyl (C=O) groups is 1. The van der Waals surface area contributed by atoms with E-state index in [0.717, 1.165) is 23.0 Å². The molecule has 0 aliphatic rings. The van der Waals surface area contributed by atoms with Crippen molar-refractivity contribution in [3.05, 3.63) is 71.7 Å². The third-order valence-corrected chi connectivity index (χ3v) is 5.26. The molecule has 178 valence electrons. The van der Waals surface area contributed by atoms with E-state index >= 15 is 0 Å². The molecular formula is C24H23F3N4O3. The maximum atomic E-state index is 12.8. The number of ether oxygens (including phenoxy) is 2. The number of hydrogen-bond acceptors (Lipinski definition) is 5. The van der Waals surface area contributed by atoms with Crippen LogP contribution in [0.3, 0.4) is 0 Å². The van der Waals surface area contributed by atoms with Gasteiger partial charge in [-0.05, 0) is 62.4 Å². The monoisotopic (exact) mass is 472 g/mol. The molecule has 0 saturated heterocycles. The molecule has 10 heteroatoms. The lowest BCUT2D eigenvalue weighted by Gasteiger charge is -2.08. The number of benzene rings is 2. The van der Waals surface area contributed by atoms with E-state index in [1.165, 1.54) is 16.9 Å². The van der Waals surface area contributed by atoms with Crippen molar-refractivity contribution in [3.63, 3.8) is 0 Å². The third kappa shape index (κ3) is 5.22. The van der Waals surface area contributed by atoms with Crippen LogP contribution in [0.2, 0.25) is 0 Å². The molecule has 4 rings (SSSR count). The van der Waals surface area contributed by atoms with Gasteiger partial charge in [-0.2, -0.15) is 28.2 Å². The first-order valence-corrected chi connectivity index (χ1v) is 10.7. The molecular weight excluding hydrogens is 449 g/mol. The van der Waals surface area contributed by atoms with E-state index in [4.69, 9.17) is 9.47 Å². The summed E-state index contributed by atoms with van der Waals surface area (Å²) in [6, 6.07) is 12.2. The quantitative estimate of drug-likeness (QED) is 0.347. The van der Waals surface area contributed by atoms with E-state index in [2.05, 4.69) is 10.2 Å². The van der Waals surface area contributed by atoms with E-state index in [1.807, 2.05) is 35.0 Å². The summed E-state index contributed by atoms with van der Waals surface area (Å²) in [5.41, 5.74) is 2.00. The smallest absolute Gasteiger partial charge is 0.416 e. The molecule has 2 heterocycles. The van der Waals surface area contributed by atoms with Crippen LogP contribution in [-0.4, -0.2) is 38.7 Å². The highest BCUT2D eigenvalue weighted by molar-refractivity contribution is 5.83. The summed E-state index contributed by atoms with van der Waals surface area (Å²) in [4.78, 5) is 13.1. The van der Waals surface area contributed by atoms with Crippen LogP contribution in [0.15, 0.2) is 54.7 Å². The molecule has 0 fully saturated rings. The maximum Gasteiger partial charge on any atom is 0.416 e. The number of rotatable bonds is 8. The predicted octanol–water partition coefficient (Wildman–Crippen LogP) is 4.73. The first-order valence-electron chi connectivity index (χ1n) is 10.7. The second-order valence-electron chi connectivity index (χ2n) is 7.63. The van der Waals surface area contributed by atoms with Crippen LogP contribution >= 0.6 is 0 Å². The molecule has 0 spiro atoms. The minimum absolute atomic E-state index is 0.144. The number of alkyl halides is 3. The van der Waals surface area contributed by atoms with Gasteiger partial charge in [0, 0.05) is 23.5 Å². The number of nitrogens with zero attached hydrogens (tertiary/aromatic N) is 4. The molecule has 0 saturated carbocycles. The van der Waals surface area contributed by atoms with E-state index < -0.39 is 11.7 Å². The molecule has 0 bridgehead atoms. The second-order valence-corrected chi connectivity index (χ2v) is 7.63. The lowest BCUT2D eigenvalue weighted by atomic mass is 10.2. The van der Waals surface area contributed by atoms with E-state index in [9.17, 15) is 18.0 Å². The number of hydrogen-bond donors (Lipinski definition) is 0. The molecule has 0 aliphatic heterocycles. The lowest BCUT2D eigenvalue weighted by molar-refractivity contribution is -0.143. The normalized spacial score (nSPS) is 11.7. The van der Waals surface area contributed by atoms with E-state index in [0.29, 0.717) is 42.5 Å². The fourth-order valence-corrected chi connectivity index (χ4v) is 3.56. The number of carbonyl (C=O) groups excluding carboxylic acids is 1. The molecule has 2 aromatic carbocycles. The lowest BCUT2D eigenvalue weighted by Crippen LogP contribution is -2.12. The number of aromatic nitrogens is 4. The Labute approximate surface area is 193 Å². The topological polar surface area (TPSA) is 71.2 Å². The molecule has 0 aliphatic carbocycles. The summed E-state index contributed by atoms with van der Waals surface area (Å²) in [5.74, 6) is 0.384. The minimum atomic E-state index is -4.39. The molecule has 34 heavy (non-hydrogen) atoms. The first-order chi connectivity index (χ1) is 16.2. The van der Waals surface area contributed by atoms with Crippen molar-refractivity contribution in [2.24, 2.45) is 0 Å². The highest BCUT2D eigenvalue weighted by atomic mass is 19.4. The number of esters is 1. The summed E-state index contributed by atoms with van der Waals surface area (Å²) in [7, 11) is 0. The van der Waals surface area contributed by atoms with Crippen LogP contribution in [0.1, 0.15) is 23.9 Å². The Morgan fingerprint density at radius 2 is 1.82 bits per heavy atom. The summed E-state index contributed by atoms with van der Waals surface area (Å²) in [6.45, 7) is 4.40. The Balaban J connectivity index is 1.38. The molecule has 0 unspecified atom stereocenters. The van der Waals surface area contributed by atoms with Crippen LogP contribution in [0.4, 0.5) is 13.2 Å². The van der Waals surface area contributed by atoms with Gasteiger partial charge >= 0.3 is 12.1 Å². The van der Waals surface area contributed by atoms with Crippen molar-refractivity contribution in [2.45, 2.75) is 33.0 Å². The van der Waals surface area contributed by atoms with Crippen LogP contribution in [0.25, 0.3) is 16.6 Å². The molecule has 2 aromatic heterocycles. The number of fused-ring (bicyclic) bond motifs is 1. The van der Waals surface area contributed by atoms with Crippen LogP contribution < -0.4 is 4.74 Å². The summed E-state index contributed by atoms with van der Waals surface area (Å²) < 4.78 is 51.0.